The fourth-order valence-electron chi connectivity index (χ4n) is 1.54. The molecule has 1 fully saturated rings. The number of hydrogen-bond donors (Lipinski definition) is 1. The number of methoxy groups -OCH3 is 1. The number of halogens is 3. The van der Waals surface area contributed by atoms with E-state index in [1.54, 1.807) is 0 Å². The van der Waals surface area contributed by atoms with Gasteiger partial charge in [0.05, 0.1) is 18.9 Å². The van der Waals surface area contributed by atoms with Crippen LogP contribution in [0.15, 0.2) is 0 Å². The highest BCUT2D eigenvalue weighted by molar-refractivity contribution is 5.72. The maximum absolute atomic E-state index is 12.3. The zero-order chi connectivity index (χ0) is 10.8. The summed E-state index contributed by atoms with van der Waals surface area (Å²) in [6.45, 7) is 0.149. The fraction of sp³-hybridized carbons (Fsp3) is 0.875. The Morgan fingerprint density at radius 3 is 2.57 bits per heavy atom. The summed E-state index contributed by atoms with van der Waals surface area (Å²) in [5.74, 6) is -2.70. The van der Waals surface area contributed by atoms with Crippen LogP contribution in [0.1, 0.15) is 6.42 Å². The number of piperidine rings is 1. The standard InChI is InChI=1S/C8H12F3NO2/c1-14-7(13)5-2-6(4-12-3-5)8(9,10)11/h5-6,12H,2-4H2,1H3. The molecule has 6 heteroatoms. The van der Waals surface area contributed by atoms with Crippen LogP contribution in [0.25, 0.3) is 0 Å². The lowest BCUT2D eigenvalue weighted by Crippen LogP contribution is -2.45. The van der Waals surface area contributed by atoms with E-state index >= 15 is 0 Å². The normalized spacial score (nSPS) is 28.6. The smallest absolute Gasteiger partial charge is 0.393 e. The van der Waals surface area contributed by atoms with E-state index in [4.69, 9.17) is 0 Å². The van der Waals surface area contributed by atoms with Gasteiger partial charge in [0, 0.05) is 13.1 Å². The summed E-state index contributed by atoms with van der Waals surface area (Å²) in [4.78, 5) is 11.0. The summed E-state index contributed by atoms with van der Waals surface area (Å²) in [5, 5.41) is 2.59. The number of carbonyl (C=O) groups excluding carboxylic acids is 1. The Balaban J connectivity index is 2.56. The minimum atomic E-state index is -4.24. The Hall–Kier alpha value is -0.780. The molecule has 0 aromatic heterocycles. The number of rotatable bonds is 1. The highest BCUT2D eigenvalue weighted by Crippen LogP contribution is 2.32. The van der Waals surface area contributed by atoms with Gasteiger partial charge in [-0.05, 0) is 6.42 Å². The van der Waals surface area contributed by atoms with Crippen LogP contribution in [0.2, 0.25) is 0 Å². The minimum absolute atomic E-state index is 0.114. The summed E-state index contributed by atoms with van der Waals surface area (Å²) in [6, 6.07) is 0. The second kappa shape index (κ2) is 4.16. The summed E-state index contributed by atoms with van der Waals surface area (Å²) >= 11 is 0. The third kappa shape index (κ3) is 2.60. The second-order valence-corrected chi connectivity index (χ2v) is 3.35. The number of esters is 1. The Kier molecular flexibility index (Phi) is 3.36. The van der Waals surface area contributed by atoms with Gasteiger partial charge in [-0.3, -0.25) is 4.79 Å². The Morgan fingerprint density at radius 1 is 1.43 bits per heavy atom. The van der Waals surface area contributed by atoms with Crippen LogP contribution >= 0.6 is 0 Å². The Labute approximate surface area is 79.6 Å². The van der Waals surface area contributed by atoms with Gasteiger partial charge < -0.3 is 10.1 Å². The van der Waals surface area contributed by atoms with Crippen molar-refractivity contribution in [3.8, 4) is 0 Å². The van der Waals surface area contributed by atoms with Gasteiger partial charge in [0.15, 0.2) is 0 Å². The van der Waals surface area contributed by atoms with Crippen LogP contribution in [0.5, 0.6) is 0 Å². The Bertz CT molecular complexity index is 217. The third-order valence-corrected chi connectivity index (χ3v) is 2.35. The first-order valence-electron chi connectivity index (χ1n) is 4.30. The largest absolute Gasteiger partial charge is 0.469 e. The second-order valence-electron chi connectivity index (χ2n) is 3.35. The highest BCUT2D eigenvalue weighted by Gasteiger charge is 2.43. The molecule has 1 N–H and O–H groups in total. The van der Waals surface area contributed by atoms with Crippen molar-refractivity contribution in [3.63, 3.8) is 0 Å². The van der Waals surface area contributed by atoms with Gasteiger partial charge >= 0.3 is 12.1 Å². The molecule has 14 heavy (non-hydrogen) atoms. The molecule has 1 aliphatic rings. The molecule has 0 bridgehead atoms. The van der Waals surface area contributed by atoms with Gasteiger partial charge in [-0.25, -0.2) is 0 Å². The number of nitrogens with one attached hydrogen (secondary N) is 1. The van der Waals surface area contributed by atoms with Crippen molar-refractivity contribution >= 4 is 5.97 Å². The number of ether oxygens (including phenoxy) is 1. The SMILES string of the molecule is COC(=O)C1CNCC(C(F)(F)F)C1. The predicted molar refractivity (Wildman–Crippen MR) is 42.5 cm³/mol. The quantitative estimate of drug-likeness (QED) is 0.656. The molecule has 0 amide bonds. The molecule has 2 unspecified atom stereocenters. The van der Waals surface area contributed by atoms with Crippen molar-refractivity contribution < 1.29 is 22.7 Å². The maximum atomic E-state index is 12.3. The van der Waals surface area contributed by atoms with E-state index in [2.05, 4.69) is 10.1 Å². The molecule has 0 aliphatic carbocycles. The van der Waals surface area contributed by atoms with Crippen molar-refractivity contribution in [3.05, 3.63) is 0 Å². The van der Waals surface area contributed by atoms with Crippen LogP contribution in [0.4, 0.5) is 13.2 Å². The van der Waals surface area contributed by atoms with Crippen LogP contribution in [-0.4, -0.2) is 32.3 Å². The molecule has 1 rings (SSSR count). The summed E-state index contributed by atoms with van der Waals surface area (Å²) in [7, 11) is 1.18. The van der Waals surface area contributed by atoms with Crippen LogP contribution < -0.4 is 5.32 Å². The lowest BCUT2D eigenvalue weighted by atomic mass is 9.90. The lowest BCUT2D eigenvalue weighted by molar-refractivity contribution is -0.184. The number of carbonyl (C=O) groups is 1. The van der Waals surface area contributed by atoms with E-state index in [0.29, 0.717) is 0 Å². The van der Waals surface area contributed by atoms with Gasteiger partial charge in [-0.1, -0.05) is 0 Å². The summed E-state index contributed by atoms with van der Waals surface area (Å²) in [5.41, 5.74) is 0. The zero-order valence-electron chi connectivity index (χ0n) is 7.73. The number of hydrogen-bond acceptors (Lipinski definition) is 3. The van der Waals surface area contributed by atoms with Crippen LogP contribution in [-0.2, 0) is 9.53 Å². The van der Waals surface area contributed by atoms with E-state index in [1.165, 1.54) is 7.11 Å². The van der Waals surface area contributed by atoms with Crippen molar-refractivity contribution in [2.24, 2.45) is 11.8 Å². The molecule has 0 aromatic rings. The average molecular weight is 211 g/mol. The van der Waals surface area contributed by atoms with Crippen molar-refractivity contribution in [1.82, 2.24) is 5.32 Å². The van der Waals surface area contributed by atoms with E-state index in [0.717, 1.165) is 0 Å². The first kappa shape index (κ1) is 11.3. The van der Waals surface area contributed by atoms with Gasteiger partial charge in [0.1, 0.15) is 0 Å². The van der Waals surface area contributed by atoms with E-state index < -0.39 is 24.0 Å². The summed E-state index contributed by atoms with van der Waals surface area (Å²) in [6.07, 6.45) is -4.41. The molecular formula is C8H12F3NO2. The molecule has 1 aliphatic heterocycles. The highest BCUT2D eigenvalue weighted by atomic mass is 19.4. The van der Waals surface area contributed by atoms with Gasteiger partial charge in [-0.2, -0.15) is 13.2 Å². The molecule has 1 heterocycles. The van der Waals surface area contributed by atoms with Crippen LogP contribution in [0.3, 0.4) is 0 Å². The fourth-order valence-corrected chi connectivity index (χ4v) is 1.54. The molecule has 0 aromatic carbocycles. The predicted octanol–water partition coefficient (Wildman–Crippen LogP) is 0.947. The van der Waals surface area contributed by atoms with Crippen molar-refractivity contribution in [2.75, 3.05) is 20.2 Å². The first-order valence-corrected chi connectivity index (χ1v) is 4.30. The van der Waals surface area contributed by atoms with E-state index in [1.807, 2.05) is 0 Å². The van der Waals surface area contributed by atoms with E-state index in [-0.39, 0.29) is 19.5 Å². The molecule has 2 atom stereocenters. The molecule has 1 saturated heterocycles. The van der Waals surface area contributed by atoms with Gasteiger partial charge in [0.25, 0.3) is 0 Å². The van der Waals surface area contributed by atoms with Crippen molar-refractivity contribution in [1.29, 1.82) is 0 Å². The van der Waals surface area contributed by atoms with E-state index in [9.17, 15) is 18.0 Å². The molecule has 0 saturated carbocycles. The maximum Gasteiger partial charge on any atom is 0.393 e. The monoisotopic (exact) mass is 211 g/mol. The summed E-state index contributed by atoms with van der Waals surface area (Å²) < 4.78 is 41.3. The number of alkyl halides is 3. The van der Waals surface area contributed by atoms with Crippen LogP contribution in [0, 0.1) is 11.8 Å². The molecule has 3 nitrogen and oxygen atoms in total. The third-order valence-electron chi connectivity index (χ3n) is 2.35. The Morgan fingerprint density at radius 2 is 2.07 bits per heavy atom. The zero-order valence-corrected chi connectivity index (χ0v) is 7.73. The molecule has 0 spiro atoms. The lowest BCUT2D eigenvalue weighted by Gasteiger charge is -2.29. The van der Waals surface area contributed by atoms with Crippen molar-refractivity contribution in [2.45, 2.75) is 12.6 Å². The first-order chi connectivity index (χ1) is 6.45. The molecule has 0 radical (unpaired) electrons. The topological polar surface area (TPSA) is 38.3 Å². The minimum Gasteiger partial charge on any atom is -0.469 e. The van der Waals surface area contributed by atoms with Gasteiger partial charge in [0.2, 0.25) is 0 Å². The molecular weight excluding hydrogens is 199 g/mol. The van der Waals surface area contributed by atoms with Gasteiger partial charge in [-0.15, -0.1) is 0 Å². The molecule has 82 valence electrons. The average Bonchev–Trinajstić information content (AvgIpc) is 2.15.